The van der Waals surface area contributed by atoms with Crippen molar-refractivity contribution in [1.29, 1.82) is 0 Å². The van der Waals surface area contributed by atoms with E-state index in [4.69, 9.17) is 18.5 Å². The van der Waals surface area contributed by atoms with Gasteiger partial charge in [-0.3, -0.25) is 0 Å². The Bertz CT molecular complexity index is 816. The van der Waals surface area contributed by atoms with Crippen LogP contribution in [-0.4, -0.2) is 29.2 Å². The second-order valence-corrected chi connectivity index (χ2v) is 11.6. The molecule has 2 aliphatic rings. The molecule has 3 heterocycles. The molecule has 2 aromatic rings. The van der Waals surface area contributed by atoms with Gasteiger partial charge in [-0.25, -0.2) is 0 Å². The van der Waals surface area contributed by atoms with E-state index >= 15 is 0 Å². The van der Waals surface area contributed by atoms with Crippen molar-refractivity contribution in [3.63, 3.8) is 0 Å². The van der Waals surface area contributed by atoms with Gasteiger partial charge in [-0.15, -0.1) is 11.3 Å². The third-order valence-corrected chi connectivity index (χ3v) is 9.31. The van der Waals surface area contributed by atoms with Crippen LogP contribution in [0.25, 0.3) is 10.4 Å². The summed E-state index contributed by atoms with van der Waals surface area (Å²) in [5.74, 6) is -0.555. The first-order valence-corrected chi connectivity index (χ1v) is 12.4. The summed E-state index contributed by atoms with van der Waals surface area (Å²) in [5, 5.41) is 0. The third kappa shape index (κ3) is 3.94. The van der Waals surface area contributed by atoms with Crippen molar-refractivity contribution in [2.45, 2.75) is 83.6 Å². The topological polar surface area (TPSA) is 36.9 Å². The molecule has 0 spiro atoms. The number of hydrogen-bond donors (Lipinski definition) is 0. The van der Waals surface area contributed by atoms with Crippen LogP contribution < -0.4 is 4.62 Å². The zero-order valence-corrected chi connectivity index (χ0v) is 19.8. The summed E-state index contributed by atoms with van der Waals surface area (Å²) < 4.78 is 27.4. The number of rotatable bonds is 4. The molecule has 2 saturated heterocycles. The molecule has 0 radical (unpaired) electrons. The maximum absolute atomic E-state index is 6.61. The van der Waals surface area contributed by atoms with E-state index in [2.05, 4.69) is 77.9 Å². The first-order valence-electron chi connectivity index (χ1n) is 10.4. The number of ether oxygens (including phenoxy) is 2. The van der Waals surface area contributed by atoms with Crippen molar-refractivity contribution < 1.29 is 18.5 Å². The summed E-state index contributed by atoms with van der Waals surface area (Å²) in [6.45, 7) is 12.6. The molecular weight excluding hydrogens is 403 g/mol. The molecule has 0 saturated carbocycles. The van der Waals surface area contributed by atoms with Crippen molar-refractivity contribution >= 4 is 24.3 Å². The highest BCUT2D eigenvalue weighted by Crippen LogP contribution is 2.57. The lowest BCUT2D eigenvalue weighted by Crippen LogP contribution is -2.50. The fraction of sp³-hybridized carbons (Fsp3) is 0.565. The fourth-order valence-corrected chi connectivity index (χ4v) is 7.08. The molecule has 0 amide bonds. The van der Waals surface area contributed by atoms with Crippen molar-refractivity contribution in [1.82, 2.24) is 0 Å². The molecule has 1 aromatic carbocycles. The Hall–Kier alpha value is -0.810. The van der Waals surface area contributed by atoms with Gasteiger partial charge in [0.2, 0.25) is 8.38 Å². The van der Waals surface area contributed by atoms with Crippen LogP contribution in [0.1, 0.15) is 54.4 Å². The van der Waals surface area contributed by atoms with Gasteiger partial charge >= 0.3 is 0 Å². The largest absolute Gasteiger partial charge is 0.341 e. The Morgan fingerprint density at radius 2 is 1.38 bits per heavy atom. The average Bonchev–Trinajstić information content (AvgIpc) is 3.33. The highest BCUT2D eigenvalue weighted by Gasteiger charge is 2.60. The monoisotopic (exact) mass is 434 g/mol. The molecule has 4 nitrogen and oxygen atoms in total. The summed E-state index contributed by atoms with van der Waals surface area (Å²) in [4.78, 5) is 1.22. The minimum absolute atomic E-state index is 0.182. The van der Waals surface area contributed by atoms with Crippen LogP contribution in [0.15, 0.2) is 42.5 Å². The van der Waals surface area contributed by atoms with Crippen LogP contribution in [0.3, 0.4) is 0 Å². The normalized spacial score (nSPS) is 28.1. The van der Waals surface area contributed by atoms with Gasteiger partial charge < -0.3 is 18.5 Å². The Morgan fingerprint density at radius 1 is 0.828 bits per heavy atom. The van der Waals surface area contributed by atoms with Crippen LogP contribution >= 0.6 is 19.7 Å². The molecule has 29 heavy (non-hydrogen) atoms. The Balaban J connectivity index is 1.64. The van der Waals surface area contributed by atoms with Crippen molar-refractivity contribution in [3.8, 4) is 10.4 Å². The molecule has 4 rings (SSSR count). The summed E-state index contributed by atoms with van der Waals surface area (Å²) in [6.07, 6.45) is 1.25. The van der Waals surface area contributed by atoms with Crippen molar-refractivity contribution in [2.75, 3.05) is 0 Å². The Morgan fingerprint density at radius 3 is 1.90 bits per heavy atom. The third-order valence-electron chi connectivity index (χ3n) is 5.87. The standard InChI is InChI=1S/C23H31O4PS/c1-7-23(8-2)24-19-20(25-23)22(5,6)27-28(26-21(19,3)4)18-15-14-17(29-18)16-12-10-9-11-13-16/h9-15,19-20H,7-8H2,1-6H3/t19-,20-/m1/s1. The summed E-state index contributed by atoms with van der Waals surface area (Å²) in [6, 6.07) is 14.7. The first kappa shape index (κ1) is 21.4. The predicted octanol–water partition coefficient (Wildman–Crippen LogP) is 6.26. The van der Waals surface area contributed by atoms with Crippen LogP contribution in [0.4, 0.5) is 0 Å². The molecule has 6 heteroatoms. The second kappa shape index (κ2) is 7.71. The molecule has 0 bridgehead atoms. The van der Waals surface area contributed by atoms with E-state index in [9.17, 15) is 0 Å². The highest BCUT2D eigenvalue weighted by molar-refractivity contribution is 7.64. The van der Waals surface area contributed by atoms with Crippen LogP contribution in [-0.2, 0) is 18.5 Å². The fourth-order valence-electron chi connectivity index (χ4n) is 4.03. The Labute approximate surface area is 179 Å². The van der Waals surface area contributed by atoms with Gasteiger partial charge in [0.25, 0.3) is 0 Å². The first-order chi connectivity index (χ1) is 13.7. The van der Waals surface area contributed by atoms with Crippen LogP contribution in [0.5, 0.6) is 0 Å². The van der Waals surface area contributed by atoms with E-state index in [1.165, 1.54) is 10.4 Å². The lowest BCUT2D eigenvalue weighted by molar-refractivity contribution is -0.201. The number of benzene rings is 1. The van der Waals surface area contributed by atoms with Gasteiger partial charge in [0.05, 0.1) is 15.8 Å². The molecular formula is C23H31O4PS. The minimum atomic E-state index is -1.24. The zero-order valence-electron chi connectivity index (χ0n) is 18.1. The molecule has 2 aliphatic heterocycles. The van der Waals surface area contributed by atoms with Crippen molar-refractivity contribution in [2.24, 2.45) is 0 Å². The summed E-state index contributed by atoms with van der Waals surface area (Å²) >= 11 is 1.74. The highest BCUT2D eigenvalue weighted by atomic mass is 32.1. The molecule has 2 fully saturated rings. The molecule has 0 aliphatic carbocycles. The predicted molar refractivity (Wildman–Crippen MR) is 120 cm³/mol. The minimum Gasteiger partial charge on any atom is -0.341 e. The number of thiophene rings is 1. The van der Waals surface area contributed by atoms with Gasteiger partial charge in [-0.2, -0.15) is 0 Å². The maximum Gasteiger partial charge on any atom is 0.217 e. The lowest BCUT2D eigenvalue weighted by Gasteiger charge is -2.33. The maximum atomic E-state index is 6.61. The molecule has 2 atom stereocenters. The van der Waals surface area contributed by atoms with Gasteiger partial charge in [-0.1, -0.05) is 44.2 Å². The molecule has 0 unspecified atom stereocenters. The SMILES string of the molecule is CCC1(CC)O[C@@H]2[C@@H](O1)C(C)(C)OP(c1ccc(-c3ccccc3)s1)OC2(C)C. The van der Waals surface area contributed by atoms with E-state index < -0.39 is 25.4 Å². The van der Waals surface area contributed by atoms with Gasteiger partial charge in [0, 0.05) is 4.88 Å². The van der Waals surface area contributed by atoms with Crippen LogP contribution in [0, 0.1) is 0 Å². The molecule has 158 valence electrons. The zero-order chi connectivity index (χ0) is 20.9. The smallest absolute Gasteiger partial charge is 0.217 e. The number of fused-ring (bicyclic) bond motifs is 1. The second-order valence-electron chi connectivity index (χ2n) is 8.85. The average molecular weight is 435 g/mol. The molecule has 0 N–H and O–H groups in total. The van der Waals surface area contributed by atoms with E-state index in [0.717, 1.165) is 17.5 Å². The van der Waals surface area contributed by atoms with Crippen LogP contribution in [0.2, 0.25) is 0 Å². The van der Waals surface area contributed by atoms with E-state index in [0.29, 0.717) is 0 Å². The van der Waals surface area contributed by atoms with Gasteiger partial charge in [0.15, 0.2) is 5.79 Å². The summed E-state index contributed by atoms with van der Waals surface area (Å²) in [5.41, 5.74) is 0.173. The van der Waals surface area contributed by atoms with Crippen molar-refractivity contribution in [3.05, 3.63) is 42.5 Å². The van der Waals surface area contributed by atoms with E-state index in [-0.39, 0.29) is 12.2 Å². The number of hydrogen-bond acceptors (Lipinski definition) is 5. The van der Waals surface area contributed by atoms with E-state index in [1.807, 2.05) is 6.07 Å². The Kier molecular flexibility index (Phi) is 5.69. The lowest BCUT2D eigenvalue weighted by atomic mass is 9.88. The van der Waals surface area contributed by atoms with Gasteiger partial charge in [0.1, 0.15) is 12.2 Å². The van der Waals surface area contributed by atoms with Gasteiger partial charge in [-0.05, 0) is 58.2 Å². The molecule has 1 aromatic heterocycles. The summed E-state index contributed by atoms with van der Waals surface area (Å²) in [7, 11) is -1.24. The van der Waals surface area contributed by atoms with E-state index in [1.54, 1.807) is 11.3 Å². The quantitative estimate of drug-likeness (QED) is 0.533.